The number of halogens is 1. The Kier molecular flexibility index (Phi) is 7.28. The third-order valence-electron chi connectivity index (χ3n) is 5.21. The first-order valence-corrected chi connectivity index (χ1v) is 9.21. The standard InChI is InChI=1S/C22H28N2O2.ClH/c1-22(2,17-9-5-4-6-10-17)15-21(25)24-14-13-23-16-19(24)18-11-7-8-12-20(18)26-3;/h4-12,19,23H,13-16H2,1-3H3;1H. The molecule has 2 aromatic carbocycles. The van der Waals surface area contributed by atoms with Crippen LogP contribution in [0, 0.1) is 0 Å². The lowest BCUT2D eigenvalue weighted by atomic mass is 9.81. The Labute approximate surface area is 168 Å². The lowest BCUT2D eigenvalue weighted by Gasteiger charge is -2.39. The highest BCUT2D eigenvalue weighted by molar-refractivity contribution is 5.85. The van der Waals surface area contributed by atoms with Crippen molar-refractivity contribution in [2.45, 2.75) is 31.7 Å². The number of carbonyl (C=O) groups excluding carboxylic acids is 1. The maximum atomic E-state index is 13.2. The van der Waals surface area contributed by atoms with E-state index in [0.29, 0.717) is 13.0 Å². The van der Waals surface area contributed by atoms with Gasteiger partial charge in [-0.2, -0.15) is 0 Å². The summed E-state index contributed by atoms with van der Waals surface area (Å²) in [4.78, 5) is 15.2. The minimum Gasteiger partial charge on any atom is -0.496 e. The maximum absolute atomic E-state index is 13.2. The Bertz CT molecular complexity index is 749. The van der Waals surface area contributed by atoms with Crippen LogP contribution in [0.2, 0.25) is 0 Å². The molecule has 1 amide bonds. The predicted octanol–water partition coefficient (Wildman–Crippen LogP) is 3.96. The summed E-state index contributed by atoms with van der Waals surface area (Å²) in [7, 11) is 1.68. The number of hydrogen-bond donors (Lipinski definition) is 1. The van der Waals surface area contributed by atoms with Crippen LogP contribution in [0.4, 0.5) is 0 Å². The fraction of sp³-hybridized carbons (Fsp3) is 0.409. The van der Waals surface area contributed by atoms with Crippen LogP contribution >= 0.6 is 12.4 Å². The molecule has 4 nitrogen and oxygen atoms in total. The van der Waals surface area contributed by atoms with Crippen molar-refractivity contribution in [1.82, 2.24) is 10.2 Å². The number of ether oxygens (including phenoxy) is 1. The van der Waals surface area contributed by atoms with Crippen molar-refractivity contribution in [3.05, 3.63) is 65.7 Å². The highest BCUT2D eigenvalue weighted by atomic mass is 35.5. The Balaban J connectivity index is 0.00000261. The number of carbonyl (C=O) groups is 1. The van der Waals surface area contributed by atoms with Gasteiger partial charge in [-0.25, -0.2) is 0 Å². The highest BCUT2D eigenvalue weighted by Gasteiger charge is 2.33. The lowest BCUT2D eigenvalue weighted by Crippen LogP contribution is -2.49. The van der Waals surface area contributed by atoms with Crippen molar-refractivity contribution in [3.63, 3.8) is 0 Å². The maximum Gasteiger partial charge on any atom is 0.224 e. The third-order valence-corrected chi connectivity index (χ3v) is 5.21. The number of nitrogens with zero attached hydrogens (tertiary/aromatic N) is 1. The Morgan fingerprint density at radius 1 is 1.15 bits per heavy atom. The lowest BCUT2D eigenvalue weighted by molar-refractivity contribution is -0.135. The molecule has 27 heavy (non-hydrogen) atoms. The van der Waals surface area contributed by atoms with Gasteiger partial charge in [0, 0.05) is 31.6 Å². The first-order valence-electron chi connectivity index (χ1n) is 9.21. The fourth-order valence-electron chi connectivity index (χ4n) is 3.69. The van der Waals surface area contributed by atoms with Gasteiger partial charge >= 0.3 is 0 Å². The van der Waals surface area contributed by atoms with Gasteiger partial charge in [0.2, 0.25) is 5.91 Å². The van der Waals surface area contributed by atoms with Crippen molar-refractivity contribution in [2.24, 2.45) is 0 Å². The molecule has 0 aliphatic carbocycles. The first kappa shape index (κ1) is 21.3. The van der Waals surface area contributed by atoms with E-state index in [4.69, 9.17) is 4.74 Å². The van der Waals surface area contributed by atoms with Crippen LogP contribution in [0.5, 0.6) is 5.75 Å². The number of piperazine rings is 1. The van der Waals surface area contributed by atoms with Crippen molar-refractivity contribution >= 4 is 18.3 Å². The summed E-state index contributed by atoms with van der Waals surface area (Å²) in [5.41, 5.74) is 2.06. The van der Waals surface area contributed by atoms with Crippen LogP contribution < -0.4 is 10.1 Å². The third kappa shape index (κ3) is 4.82. The van der Waals surface area contributed by atoms with E-state index in [9.17, 15) is 4.79 Å². The molecule has 5 heteroatoms. The van der Waals surface area contributed by atoms with Gasteiger partial charge < -0.3 is 15.0 Å². The average Bonchev–Trinajstić information content (AvgIpc) is 2.68. The zero-order chi connectivity index (χ0) is 18.6. The second-order valence-corrected chi connectivity index (χ2v) is 7.48. The molecule has 1 N–H and O–H groups in total. The quantitative estimate of drug-likeness (QED) is 0.842. The van der Waals surface area contributed by atoms with E-state index in [1.54, 1.807) is 7.11 Å². The van der Waals surface area contributed by atoms with Gasteiger partial charge in [0.25, 0.3) is 0 Å². The molecule has 1 aliphatic rings. The molecule has 146 valence electrons. The molecular weight excluding hydrogens is 360 g/mol. The molecule has 0 spiro atoms. The van der Waals surface area contributed by atoms with Crippen LogP contribution in [0.3, 0.4) is 0 Å². The highest BCUT2D eigenvalue weighted by Crippen LogP contribution is 2.33. The number of benzene rings is 2. The molecule has 0 aromatic heterocycles. The normalized spacial score (nSPS) is 17.1. The van der Waals surface area contributed by atoms with Crippen molar-refractivity contribution < 1.29 is 9.53 Å². The van der Waals surface area contributed by atoms with E-state index in [1.807, 2.05) is 41.3 Å². The van der Waals surface area contributed by atoms with Gasteiger partial charge in [-0.3, -0.25) is 4.79 Å². The number of nitrogens with one attached hydrogen (secondary N) is 1. The van der Waals surface area contributed by atoms with Gasteiger partial charge in [0.05, 0.1) is 13.2 Å². The number of para-hydroxylation sites is 1. The molecule has 2 aromatic rings. The van der Waals surface area contributed by atoms with E-state index >= 15 is 0 Å². The summed E-state index contributed by atoms with van der Waals surface area (Å²) >= 11 is 0. The van der Waals surface area contributed by atoms with Crippen molar-refractivity contribution in [1.29, 1.82) is 0 Å². The molecule has 0 saturated carbocycles. The average molecular weight is 389 g/mol. The van der Waals surface area contributed by atoms with Gasteiger partial charge in [0.1, 0.15) is 5.75 Å². The second-order valence-electron chi connectivity index (χ2n) is 7.48. The van der Waals surface area contributed by atoms with Crippen LogP contribution in [0.1, 0.15) is 37.4 Å². The topological polar surface area (TPSA) is 41.6 Å². The van der Waals surface area contributed by atoms with Crippen LogP contribution in [0.15, 0.2) is 54.6 Å². The molecule has 1 unspecified atom stereocenters. The van der Waals surface area contributed by atoms with Gasteiger partial charge in [0.15, 0.2) is 0 Å². The second kappa shape index (κ2) is 9.25. The zero-order valence-corrected chi connectivity index (χ0v) is 17.1. The molecule has 1 heterocycles. The summed E-state index contributed by atoms with van der Waals surface area (Å²) < 4.78 is 5.53. The smallest absolute Gasteiger partial charge is 0.224 e. The van der Waals surface area contributed by atoms with Gasteiger partial charge in [-0.15, -0.1) is 12.4 Å². The molecule has 0 bridgehead atoms. The summed E-state index contributed by atoms with van der Waals surface area (Å²) in [5, 5.41) is 3.41. The van der Waals surface area contributed by atoms with Gasteiger partial charge in [-0.1, -0.05) is 62.4 Å². The van der Waals surface area contributed by atoms with E-state index in [2.05, 4.69) is 37.4 Å². The van der Waals surface area contributed by atoms with Crippen molar-refractivity contribution in [3.8, 4) is 5.75 Å². The van der Waals surface area contributed by atoms with Crippen LogP contribution in [-0.4, -0.2) is 37.6 Å². The minimum atomic E-state index is -0.200. The largest absolute Gasteiger partial charge is 0.496 e. The zero-order valence-electron chi connectivity index (χ0n) is 16.3. The number of rotatable bonds is 5. The number of amides is 1. The first-order chi connectivity index (χ1) is 12.5. The van der Waals surface area contributed by atoms with Crippen LogP contribution in [0.25, 0.3) is 0 Å². The summed E-state index contributed by atoms with van der Waals surface area (Å²) in [5.74, 6) is 1.03. The van der Waals surface area contributed by atoms with E-state index in [1.165, 1.54) is 5.56 Å². The Morgan fingerprint density at radius 2 is 1.81 bits per heavy atom. The monoisotopic (exact) mass is 388 g/mol. The summed E-state index contributed by atoms with van der Waals surface area (Å²) in [6, 6.07) is 18.2. The molecular formula is C22H29ClN2O2. The number of hydrogen-bond acceptors (Lipinski definition) is 3. The molecule has 3 rings (SSSR count). The summed E-state index contributed by atoms with van der Waals surface area (Å²) in [6.07, 6.45) is 0.489. The SMILES string of the molecule is COc1ccccc1C1CNCCN1C(=O)CC(C)(C)c1ccccc1.Cl. The molecule has 1 fully saturated rings. The summed E-state index contributed by atoms with van der Waals surface area (Å²) in [6.45, 7) is 6.56. The molecule has 1 aliphatic heterocycles. The minimum absolute atomic E-state index is 0. The molecule has 1 atom stereocenters. The van der Waals surface area contributed by atoms with Gasteiger partial charge in [-0.05, 0) is 17.0 Å². The van der Waals surface area contributed by atoms with E-state index < -0.39 is 0 Å². The van der Waals surface area contributed by atoms with E-state index in [-0.39, 0.29) is 29.8 Å². The fourth-order valence-corrected chi connectivity index (χ4v) is 3.69. The predicted molar refractivity (Wildman–Crippen MR) is 112 cm³/mol. The Morgan fingerprint density at radius 3 is 2.52 bits per heavy atom. The number of methoxy groups -OCH3 is 1. The van der Waals surface area contributed by atoms with E-state index in [0.717, 1.165) is 24.4 Å². The Hall–Kier alpha value is -2.04. The van der Waals surface area contributed by atoms with Crippen molar-refractivity contribution in [2.75, 3.05) is 26.7 Å². The molecule has 1 saturated heterocycles. The van der Waals surface area contributed by atoms with Crippen LogP contribution in [-0.2, 0) is 10.2 Å². The molecule has 0 radical (unpaired) electrons.